The Labute approximate surface area is 289 Å². The Balaban J connectivity index is 1.60. The van der Waals surface area contributed by atoms with Crippen molar-refractivity contribution < 1.29 is 32.8 Å². The molecule has 1 aromatic heterocycles. The molecule has 0 radical (unpaired) electrons. The summed E-state index contributed by atoms with van der Waals surface area (Å²) >= 11 is 0. The predicted molar refractivity (Wildman–Crippen MR) is 179 cm³/mol. The van der Waals surface area contributed by atoms with Gasteiger partial charge in [-0.1, -0.05) is 56.3 Å². The van der Waals surface area contributed by atoms with E-state index >= 15 is 0 Å². The van der Waals surface area contributed by atoms with Crippen LogP contribution in [0.3, 0.4) is 0 Å². The van der Waals surface area contributed by atoms with E-state index in [1.165, 1.54) is 28.6 Å². The summed E-state index contributed by atoms with van der Waals surface area (Å²) in [6.07, 6.45) is -0.125. The van der Waals surface area contributed by atoms with Crippen LogP contribution in [-0.2, 0) is 43.4 Å². The molecule has 1 aliphatic rings. The molecule has 0 unspecified atom stereocenters. The Morgan fingerprint density at radius 3 is 2.40 bits per heavy atom. The highest BCUT2D eigenvalue weighted by molar-refractivity contribution is 5.92. The van der Waals surface area contributed by atoms with Gasteiger partial charge in [-0.3, -0.25) is 24.0 Å². The molecule has 0 bridgehead atoms. The molecule has 0 saturated carbocycles. The molecule has 1 aliphatic heterocycles. The van der Waals surface area contributed by atoms with Gasteiger partial charge in [0.15, 0.2) is 17.5 Å². The summed E-state index contributed by atoms with van der Waals surface area (Å²) < 4.78 is 29.6. The molecule has 5 amide bonds. The number of hydrogen-bond acceptors (Lipinski definition) is 7. The summed E-state index contributed by atoms with van der Waals surface area (Å²) in [5.41, 5.74) is 0.685. The van der Waals surface area contributed by atoms with Gasteiger partial charge in [0.05, 0.1) is 12.5 Å². The Morgan fingerprint density at radius 2 is 1.68 bits per heavy atom. The third-order valence-corrected chi connectivity index (χ3v) is 8.29. The van der Waals surface area contributed by atoms with Gasteiger partial charge in [0.2, 0.25) is 29.5 Å². The maximum absolute atomic E-state index is 14.4. The number of hydrogen-bond donors (Lipinski definition) is 4. The van der Waals surface area contributed by atoms with Gasteiger partial charge in [-0.25, -0.2) is 18.4 Å². The van der Waals surface area contributed by atoms with Crippen LogP contribution in [0.1, 0.15) is 62.4 Å². The van der Waals surface area contributed by atoms with Crippen molar-refractivity contribution in [3.63, 3.8) is 0 Å². The zero-order valence-corrected chi connectivity index (χ0v) is 28.7. The molecule has 0 fully saturated rings. The normalized spacial score (nSPS) is 20.3. The number of rotatable bonds is 5. The molecule has 4 N–H and O–H groups in total. The van der Waals surface area contributed by atoms with E-state index in [0.717, 1.165) is 11.6 Å². The number of carbonyl (C=O) groups is 5. The van der Waals surface area contributed by atoms with Crippen LogP contribution in [0.2, 0.25) is 0 Å². The maximum atomic E-state index is 14.4. The van der Waals surface area contributed by atoms with Crippen LogP contribution >= 0.6 is 0 Å². The van der Waals surface area contributed by atoms with Crippen LogP contribution in [0, 0.1) is 24.5 Å². The van der Waals surface area contributed by atoms with Crippen LogP contribution in [0.15, 0.2) is 48.5 Å². The zero-order chi connectivity index (χ0) is 36.4. The molecule has 15 heteroatoms. The van der Waals surface area contributed by atoms with Crippen molar-refractivity contribution in [1.29, 1.82) is 0 Å². The standard InChI is InChI=1S/C35H44F2N8O5/c1-21(2)32-33-40-23(4)43-45(33)20-29(47)38-15-17-44(30(48)19-25-12-8-13-26(36)31(25)37)16-9-14-28(46)39-22(3)34(49)41-27(35(50)42-32)18-24-10-6-5-7-11-24/h5-8,10-13,21-22,27,32H,9,14-20H2,1-4H3,(H,38,47)(H,39,46)(H,41,49)(H,42,50)/t22-,27+,32-/m0/s1. The first-order valence-electron chi connectivity index (χ1n) is 16.6. The van der Waals surface area contributed by atoms with Gasteiger partial charge < -0.3 is 26.2 Å². The lowest BCUT2D eigenvalue weighted by Crippen LogP contribution is -2.54. The van der Waals surface area contributed by atoms with Crippen LogP contribution in [0.25, 0.3) is 0 Å². The number of nitrogens with zero attached hydrogens (tertiary/aromatic N) is 4. The van der Waals surface area contributed by atoms with Crippen LogP contribution in [0.5, 0.6) is 0 Å². The predicted octanol–water partition coefficient (Wildman–Crippen LogP) is 1.89. The highest BCUT2D eigenvalue weighted by atomic mass is 19.2. The summed E-state index contributed by atoms with van der Waals surface area (Å²) in [7, 11) is 0. The first-order valence-corrected chi connectivity index (χ1v) is 16.6. The van der Waals surface area contributed by atoms with Crippen molar-refractivity contribution >= 4 is 29.5 Å². The molecule has 13 nitrogen and oxygen atoms in total. The third-order valence-electron chi connectivity index (χ3n) is 8.29. The van der Waals surface area contributed by atoms with Crippen molar-refractivity contribution in [2.24, 2.45) is 5.92 Å². The van der Waals surface area contributed by atoms with E-state index in [4.69, 9.17) is 0 Å². The van der Waals surface area contributed by atoms with E-state index in [1.807, 2.05) is 44.2 Å². The molecule has 3 atom stereocenters. The average Bonchev–Trinajstić information content (AvgIpc) is 3.42. The third kappa shape index (κ3) is 10.4. The maximum Gasteiger partial charge on any atom is 0.243 e. The van der Waals surface area contributed by atoms with Gasteiger partial charge in [-0.2, -0.15) is 5.10 Å². The van der Waals surface area contributed by atoms with Crippen molar-refractivity contribution in [1.82, 2.24) is 40.9 Å². The number of carbonyl (C=O) groups excluding carboxylic acids is 5. The molecule has 268 valence electrons. The van der Waals surface area contributed by atoms with Gasteiger partial charge in [0, 0.05) is 38.0 Å². The molecule has 0 spiro atoms. The van der Waals surface area contributed by atoms with Crippen molar-refractivity contribution in [2.45, 2.75) is 78.0 Å². The molecule has 2 heterocycles. The molecular formula is C35H44F2N8O5. The van der Waals surface area contributed by atoms with E-state index in [9.17, 15) is 32.8 Å². The molecule has 50 heavy (non-hydrogen) atoms. The van der Waals surface area contributed by atoms with Gasteiger partial charge in [-0.15, -0.1) is 0 Å². The van der Waals surface area contributed by atoms with Crippen molar-refractivity contribution in [3.8, 4) is 0 Å². The summed E-state index contributed by atoms with van der Waals surface area (Å²) in [6, 6.07) is 10.1. The molecule has 2 aromatic carbocycles. The molecule has 0 saturated heterocycles. The van der Waals surface area contributed by atoms with Gasteiger partial charge >= 0.3 is 0 Å². The smallest absolute Gasteiger partial charge is 0.243 e. The quantitative estimate of drug-likeness (QED) is 0.317. The summed E-state index contributed by atoms with van der Waals surface area (Å²) in [6.45, 7) is 6.80. The number of amides is 5. The lowest BCUT2D eigenvalue weighted by Gasteiger charge is -2.27. The Hall–Kier alpha value is -5.21. The Morgan fingerprint density at radius 1 is 0.940 bits per heavy atom. The number of halogens is 2. The van der Waals surface area contributed by atoms with E-state index < -0.39 is 65.7 Å². The van der Waals surface area contributed by atoms with E-state index in [0.29, 0.717) is 11.6 Å². The van der Waals surface area contributed by atoms with Crippen LogP contribution in [0.4, 0.5) is 8.78 Å². The second-order valence-electron chi connectivity index (χ2n) is 12.7. The average molecular weight is 695 g/mol. The van der Waals surface area contributed by atoms with E-state index in [1.54, 1.807) is 6.92 Å². The number of fused-ring (bicyclic) bond motifs is 1. The molecule has 0 aliphatic carbocycles. The lowest BCUT2D eigenvalue weighted by atomic mass is 10.0. The number of aryl methyl sites for hydroxylation is 1. The zero-order valence-electron chi connectivity index (χ0n) is 28.7. The molecule has 4 rings (SSSR count). The van der Waals surface area contributed by atoms with Crippen LogP contribution < -0.4 is 21.3 Å². The second kappa shape index (κ2) is 17.4. The van der Waals surface area contributed by atoms with E-state index in [-0.39, 0.29) is 56.9 Å². The van der Waals surface area contributed by atoms with Crippen molar-refractivity contribution in [2.75, 3.05) is 19.6 Å². The highest BCUT2D eigenvalue weighted by Gasteiger charge is 2.31. The van der Waals surface area contributed by atoms with Crippen LogP contribution in [-0.4, -0.2) is 80.9 Å². The first kappa shape index (κ1) is 37.6. The number of nitrogens with one attached hydrogen (secondary N) is 4. The molecule has 3 aromatic rings. The topological polar surface area (TPSA) is 167 Å². The first-order chi connectivity index (χ1) is 23.8. The lowest BCUT2D eigenvalue weighted by molar-refractivity contribution is -0.133. The SMILES string of the molecule is Cc1nc2n(n1)CC(=O)NCCN(C(=O)Cc1cccc(F)c1F)CCCC(=O)N[C@@H](C)C(=O)N[C@H](Cc1ccccc1)C(=O)N[C@H]2C(C)C. The van der Waals surface area contributed by atoms with E-state index in [2.05, 4.69) is 31.3 Å². The Kier molecular flexibility index (Phi) is 13.1. The summed E-state index contributed by atoms with van der Waals surface area (Å²) in [5.74, 6) is -4.14. The summed E-state index contributed by atoms with van der Waals surface area (Å²) in [4.78, 5) is 72.2. The fourth-order valence-electron chi connectivity index (χ4n) is 5.61. The fourth-order valence-corrected chi connectivity index (χ4v) is 5.61. The minimum absolute atomic E-state index is 0.0220. The van der Waals surface area contributed by atoms with Gasteiger partial charge in [0.1, 0.15) is 24.5 Å². The minimum Gasteiger partial charge on any atom is -0.353 e. The second-order valence-corrected chi connectivity index (χ2v) is 12.7. The van der Waals surface area contributed by atoms with Crippen molar-refractivity contribution in [3.05, 3.63) is 82.9 Å². The minimum atomic E-state index is -1.12. The van der Waals surface area contributed by atoms with Gasteiger partial charge in [0.25, 0.3) is 0 Å². The highest BCUT2D eigenvalue weighted by Crippen LogP contribution is 2.21. The largest absolute Gasteiger partial charge is 0.353 e. The monoisotopic (exact) mass is 694 g/mol. The fraction of sp³-hybridized carbons (Fsp3) is 0.457. The number of benzene rings is 2. The Bertz CT molecular complexity index is 1680. The summed E-state index contributed by atoms with van der Waals surface area (Å²) in [5, 5.41) is 15.6. The van der Waals surface area contributed by atoms with Gasteiger partial charge in [-0.05, 0) is 37.8 Å². The molecular weight excluding hydrogens is 650 g/mol. The number of aromatic nitrogens is 3.